The van der Waals surface area contributed by atoms with Gasteiger partial charge in [-0.15, -0.1) is 0 Å². The van der Waals surface area contributed by atoms with E-state index in [4.69, 9.17) is 4.74 Å². The number of nitrogens with zero attached hydrogens (tertiary/aromatic N) is 1. The molecule has 0 radical (unpaired) electrons. The maximum absolute atomic E-state index is 12.2. The van der Waals surface area contributed by atoms with Gasteiger partial charge in [0.05, 0.1) is 12.5 Å². The fourth-order valence-corrected chi connectivity index (χ4v) is 2.59. The number of anilines is 1. The molecule has 126 valence electrons. The first-order chi connectivity index (χ1) is 11.0. The van der Waals surface area contributed by atoms with Crippen molar-refractivity contribution in [2.24, 2.45) is 5.92 Å². The van der Waals surface area contributed by atoms with Gasteiger partial charge in [-0.1, -0.05) is 13.3 Å². The molecule has 5 nitrogen and oxygen atoms in total. The third-order valence-corrected chi connectivity index (χ3v) is 3.84. The molecule has 1 fully saturated rings. The van der Waals surface area contributed by atoms with E-state index in [0.29, 0.717) is 13.2 Å². The van der Waals surface area contributed by atoms with E-state index < -0.39 is 0 Å². The molecule has 1 aliphatic rings. The Morgan fingerprint density at radius 2 is 2.04 bits per heavy atom. The van der Waals surface area contributed by atoms with Gasteiger partial charge in [-0.25, -0.2) is 0 Å². The van der Waals surface area contributed by atoms with Crippen LogP contribution in [0.4, 0.5) is 5.69 Å². The average Bonchev–Trinajstić information content (AvgIpc) is 2.90. The quantitative estimate of drug-likeness (QED) is 0.787. The van der Waals surface area contributed by atoms with Crippen LogP contribution < -0.4 is 15.0 Å². The molecule has 0 aliphatic carbocycles. The van der Waals surface area contributed by atoms with Crippen molar-refractivity contribution >= 4 is 17.5 Å². The first kappa shape index (κ1) is 17.3. The second-order valence-corrected chi connectivity index (χ2v) is 6.26. The summed E-state index contributed by atoms with van der Waals surface area (Å²) in [6, 6.07) is 7.59. The lowest BCUT2D eigenvalue weighted by Crippen LogP contribution is -2.36. The summed E-state index contributed by atoms with van der Waals surface area (Å²) in [4.78, 5) is 25.9. The molecule has 0 spiro atoms. The zero-order valence-electron chi connectivity index (χ0n) is 14.2. The van der Waals surface area contributed by atoms with E-state index in [1.807, 2.05) is 38.1 Å². The van der Waals surface area contributed by atoms with Crippen LogP contribution in [0.3, 0.4) is 0 Å². The summed E-state index contributed by atoms with van der Waals surface area (Å²) in [5.41, 5.74) is 0.817. The van der Waals surface area contributed by atoms with Gasteiger partial charge in [0.15, 0.2) is 0 Å². The van der Waals surface area contributed by atoms with E-state index in [-0.39, 0.29) is 30.2 Å². The highest BCUT2D eigenvalue weighted by atomic mass is 16.5. The van der Waals surface area contributed by atoms with E-state index in [9.17, 15) is 9.59 Å². The average molecular weight is 318 g/mol. The van der Waals surface area contributed by atoms with Crippen LogP contribution in [0.2, 0.25) is 0 Å². The van der Waals surface area contributed by atoms with Crippen molar-refractivity contribution in [2.45, 2.75) is 46.1 Å². The first-order valence-electron chi connectivity index (χ1n) is 8.35. The van der Waals surface area contributed by atoms with Crippen molar-refractivity contribution in [3.05, 3.63) is 24.3 Å². The summed E-state index contributed by atoms with van der Waals surface area (Å²) in [7, 11) is 0. The van der Waals surface area contributed by atoms with Gasteiger partial charge in [-0.3, -0.25) is 9.59 Å². The number of amides is 2. The molecular weight excluding hydrogens is 292 g/mol. The maximum Gasteiger partial charge on any atom is 0.227 e. The fourth-order valence-electron chi connectivity index (χ4n) is 2.59. The molecule has 5 heteroatoms. The van der Waals surface area contributed by atoms with Crippen LogP contribution >= 0.6 is 0 Å². The van der Waals surface area contributed by atoms with Gasteiger partial charge in [0.1, 0.15) is 5.75 Å². The highest BCUT2D eigenvalue weighted by Crippen LogP contribution is 2.27. The number of ether oxygens (including phenoxy) is 1. The molecule has 1 saturated heterocycles. The number of nitrogens with one attached hydrogen (secondary N) is 1. The molecule has 0 unspecified atom stereocenters. The molecular formula is C18H26N2O3. The van der Waals surface area contributed by atoms with Crippen molar-refractivity contribution in [3.8, 4) is 5.75 Å². The highest BCUT2D eigenvalue weighted by molar-refractivity contribution is 6.00. The lowest BCUT2D eigenvalue weighted by atomic mass is 10.1. The van der Waals surface area contributed by atoms with Gasteiger partial charge < -0.3 is 15.0 Å². The number of hydrogen-bond acceptors (Lipinski definition) is 3. The molecule has 1 N–H and O–H groups in total. The number of unbranched alkanes of at least 4 members (excludes halogenated alkanes) is 1. The number of benzene rings is 1. The van der Waals surface area contributed by atoms with E-state index >= 15 is 0 Å². The monoisotopic (exact) mass is 318 g/mol. The zero-order chi connectivity index (χ0) is 16.8. The standard InChI is InChI=1S/C18H26N2O3/c1-4-5-10-23-16-8-6-15(7-9-16)20-12-14(11-17(20)21)18(22)19-13(2)3/h6-9,13-14H,4-5,10-12H2,1-3H3,(H,19,22)/t14-/m0/s1. The first-order valence-corrected chi connectivity index (χ1v) is 8.35. The van der Waals surface area contributed by atoms with Gasteiger partial charge in [0.2, 0.25) is 11.8 Å². The van der Waals surface area contributed by atoms with Gasteiger partial charge in [0.25, 0.3) is 0 Å². The van der Waals surface area contributed by atoms with E-state index in [1.54, 1.807) is 4.90 Å². The molecule has 1 aromatic carbocycles. The van der Waals surface area contributed by atoms with Crippen molar-refractivity contribution in [1.29, 1.82) is 0 Å². The topological polar surface area (TPSA) is 58.6 Å². The molecule has 2 amide bonds. The summed E-state index contributed by atoms with van der Waals surface area (Å²) in [5, 5.41) is 2.88. The second kappa shape index (κ2) is 7.99. The predicted molar refractivity (Wildman–Crippen MR) is 90.6 cm³/mol. The van der Waals surface area contributed by atoms with Crippen LogP contribution in [0.15, 0.2) is 24.3 Å². The fraction of sp³-hybridized carbons (Fsp3) is 0.556. The van der Waals surface area contributed by atoms with Gasteiger partial charge in [0, 0.05) is 24.7 Å². The molecule has 0 aromatic heterocycles. The minimum atomic E-state index is -0.273. The molecule has 2 rings (SSSR count). The SMILES string of the molecule is CCCCOc1ccc(N2C[C@@H](C(=O)NC(C)C)CC2=O)cc1. The smallest absolute Gasteiger partial charge is 0.227 e. The van der Waals surface area contributed by atoms with Crippen LogP contribution in [0.5, 0.6) is 5.75 Å². The Morgan fingerprint density at radius 3 is 2.65 bits per heavy atom. The predicted octanol–water partition coefficient (Wildman–Crippen LogP) is 2.74. The van der Waals surface area contributed by atoms with Gasteiger partial charge in [-0.05, 0) is 44.5 Å². The van der Waals surface area contributed by atoms with Crippen LogP contribution in [-0.2, 0) is 9.59 Å². The molecule has 1 aromatic rings. The van der Waals surface area contributed by atoms with Crippen molar-refractivity contribution in [1.82, 2.24) is 5.32 Å². The molecule has 1 aliphatic heterocycles. The maximum atomic E-state index is 12.2. The third kappa shape index (κ3) is 4.71. The number of rotatable bonds is 7. The Morgan fingerprint density at radius 1 is 1.35 bits per heavy atom. The Balaban J connectivity index is 1.96. The second-order valence-electron chi connectivity index (χ2n) is 6.26. The van der Waals surface area contributed by atoms with E-state index in [1.165, 1.54) is 0 Å². The Labute approximate surface area is 138 Å². The number of carbonyl (C=O) groups is 2. The Kier molecular flexibility index (Phi) is 6.02. The lowest BCUT2D eigenvalue weighted by Gasteiger charge is -2.18. The van der Waals surface area contributed by atoms with Gasteiger partial charge in [-0.2, -0.15) is 0 Å². The van der Waals surface area contributed by atoms with E-state index in [2.05, 4.69) is 12.2 Å². The zero-order valence-corrected chi connectivity index (χ0v) is 14.2. The molecule has 0 bridgehead atoms. The summed E-state index contributed by atoms with van der Waals surface area (Å²) in [5.74, 6) is 0.484. The summed E-state index contributed by atoms with van der Waals surface area (Å²) in [6.07, 6.45) is 2.40. The van der Waals surface area contributed by atoms with Crippen molar-refractivity contribution < 1.29 is 14.3 Å². The van der Waals surface area contributed by atoms with Crippen LogP contribution in [0.25, 0.3) is 0 Å². The molecule has 1 atom stereocenters. The Hall–Kier alpha value is -2.04. The van der Waals surface area contributed by atoms with Crippen molar-refractivity contribution in [2.75, 3.05) is 18.1 Å². The Bertz CT molecular complexity index is 540. The summed E-state index contributed by atoms with van der Waals surface area (Å²) >= 11 is 0. The highest BCUT2D eigenvalue weighted by Gasteiger charge is 2.35. The summed E-state index contributed by atoms with van der Waals surface area (Å²) < 4.78 is 5.63. The van der Waals surface area contributed by atoms with E-state index in [0.717, 1.165) is 24.3 Å². The van der Waals surface area contributed by atoms with Crippen LogP contribution in [0, 0.1) is 5.92 Å². The summed E-state index contributed by atoms with van der Waals surface area (Å²) in [6.45, 7) is 7.11. The van der Waals surface area contributed by atoms with Crippen LogP contribution in [-0.4, -0.2) is 31.0 Å². The van der Waals surface area contributed by atoms with Crippen molar-refractivity contribution in [3.63, 3.8) is 0 Å². The number of carbonyl (C=O) groups excluding carboxylic acids is 2. The third-order valence-electron chi connectivity index (χ3n) is 3.84. The van der Waals surface area contributed by atoms with Crippen LogP contribution in [0.1, 0.15) is 40.0 Å². The molecule has 0 saturated carbocycles. The molecule has 23 heavy (non-hydrogen) atoms. The minimum absolute atomic E-state index is 0.00597. The minimum Gasteiger partial charge on any atom is -0.494 e. The van der Waals surface area contributed by atoms with Gasteiger partial charge >= 0.3 is 0 Å². The largest absolute Gasteiger partial charge is 0.494 e. The normalized spacial score (nSPS) is 17.7. The molecule has 1 heterocycles. The lowest BCUT2D eigenvalue weighted by molar-refractivity contribution is -0.126. The number of hydrogen-bond donors (Lipinski definition) is 1.